The minimum absolute atomic E-state index is 0.00917. The Morgan fingerprint density at radius 1 is 1.17 bits per heavy atom. The maximum atomic E-state index is 13.0. The van der Waals surface area contributed by atoms with Crippen molar-refractivity contribution in [2.75, 3.05) is 44.2 Å². The lowest BCUT2D eigenvalue weighted by molar-refractivity contribution is -0.136. The van der Waals surface area contributed by atoms with Crippen molar-refractivity contribution in [1.82, 2.24) is 10.2 Å². The molecule has 24 heavy (non-hydrogen) atoms. The molecule has 6 nitrogen and oxygen atoms in total. The molecular weight excluding hydrogens is 313 g/mol. The quantitative estimate of drug-likeness (QED) is 0.883. The van der Waals surface area contributed by atoms with Gasteiger partial charge in [0.2, 0.25) is 11.8 Å². The SMILES string of the molecule is O=C(NCC(=O)N1CCN(c2ccc(F)cc2)CC1)C1CCCO1. The van der Waals surface area contributed by atoms with Gasteiger partial charge in [-0.1, -0.05) is 0 Å². The van der Waals surface area contributed by atoms with Gasteiger partial charge in [0.25, 0.3) is 0 Å². The van der Waals surface area contributed by atoms with Crippen LogP contribution in [0.3, 0.4) is 0 Å². The molecule has 2 heterocycles. The van der Waals surface area contributed by atoms with Crippen LogP contribution in [0.5, 0.6) is 0 Å². The van der Waals surface area contributed by atoms with Crippen LogP contribution in [0.1, 0.15) is 12.8 Å². The molecule has 0 spiro atoms. The normalized spacial score (nSPS) is 21.0. The zero-order valence-corrected chi connectivity index (χ0v) is 13.5. The molecule has 2 amide bonds. The van der Waals surface area contributed by atoms with Crippen LogP contribution in [-0.4, -0.2) is 62.1 Å². The van der Waals surface area contributed by atoms with E-state index in [0.717, 1.165) is 18.5 Å². The fourth-order valence-electron chi connectivity index (χ4n) is 3.04. The average Bonchev–Trinajstić information content (AvgIpc) is 3.15. The summed E-state index contributed by atoms with van der Waals surface area (Å²) in [6.07, 6.45) is 1.20. The number of ether oxygens (including phenoxy) is 1. The Kier molecular flexibility index (Phi) is 5.30. The van der Waals surface area contributed by atoms with Gasteiger partial charge >= 0.3 is 0 Å². The third-order valence-electron chi connectivity index (χ3n) is 4.46. The minimum Gasteiger partial charge on any atom is -0.368 e. The second-order valence-corrected chi connectivity index (χ2v) is 6.06. The predicted molar refractivity (Wildman–Crippen MR) is 87.2 cm³/mol. The smallest absolute Gasteiger partial charge is 0.249 e. The van der Waals surface area contributed by atoms with Gasteiger partial charge in [-0.3, -0.25) is 9.59 Å². The van der Waals surface area contributed by atoms with Gasteiger partial charge in [-0.2, -0.15) is 0 Å². The van der Waals surface area contributed by atoms with Crippen molar-refractivity contribution in [3.63, 3.8) is 0 Å². The van der Waals surface area contributed by atoms with Gasteiger partial charge in [-0.15, -0.1) is 0 Å². The van der Waals surface area contributed by atoms with Gasteiger partial charge in [0.1, 0.15) is 11.9 Å². The summed E-state index contributed by atoms with van der Waals surface area (Å²) in [5.74, 6) is -0.541. The average molecular weight is 335 g/mol. The van der Waals surface area contributed by atoms with E-state index in [-0.39, 0.29) is 24.2 Å². The molecule has 1 N–H and O–H groups in total. The van der Waals surface area contributed by atoms with Crippen LogP contribution in [0.25, 0.3) is 0 Å². The van der Waals surface area contributed by atoms with Crippen molar-refractivity contribution >= 4 is 17.5 Å². The topological polar surface area (TPSA) is 61.9 Å². The fourth-order valence-corrected chi connectivity index (χ4v) is 3.04. The van der Waals surface area contributed by atoms with E-state index in [0.29, 0.717) is 32.8 Å². The van der Waals surface area contributed by atoms with Gasteiger partial charge < -0.3 is 19.9 Å². The third-order valence-corrected chi connectivity index (χ3v) is 4.46. The highest BCUT2D eigenvalue weighted by Crippen LogP contribution is 2.17. The molecule has 0 aliphatic carbocycles. The lowest BCUT2D eigenvalue weighted by Crippen LogP contribution is -2.51. The minimum atomic E-state index is -0.409. The molecular formula is C17H22FN3O3. The number of anilines is 1. The summed E-state index contributed by atoms with van der Waals surface area (Å²) in [5, 5.41) is 2.66. The maximum Gasteiger partial charge on any atom is 0.249 e. The third kappa shape index (κ3) is 4.03. The molecule has 130 valence electrons. The van der Waals surface area contributed by atoms with Gasteiger partial charge in [-0.05, 0) is 37.1 Å². The first-order chi connectivity index (χ1) is 11.6. The molecule has 0 saturated carbocycles. The van der Waals surface area contributed by atoms with Crippen molar-refractivity contribution in [3.05, 3.63) is 30.1 Å². The van der Waals surface area contributed by atoms with Gasteiger partial charge in [-0.25, -0.2) is 4.39 Å². The van der Waals surface area contributed by atoms with Crippen molar-refractivity contribution in [2.45, 2.75) is 18.9 Å². The number of nitrogens with zero attached hydrogens (tertiary/aromatic N) is 2. The van der Waals surface area contributed by atoms with Crippen LogP contribution in [0.15, 0.2) is 24.3 Å². The first kappa shape index (κ1) is 16.7. The Morgan fingerprint density at radius 2 is 1.88 bits per heavy atom. The first-order valence-electron chi connectivity index (χ1n) is 8.31. The van der Waals surface area contributed by atoms with E-state index in [1.54, 1.807) is 17.0 Å². The van der Waals surface area contributed by atoms with Gasteiger partial charge in [0.05, 0.1) is 6.54 Å². The van der Waals surface area contributed by atoms with Crippen LogP contribution in [0.2, 0.25) is 0 Å². The summed E-state index contributed by atoms with van der Waals surface area (Å²) in [6.45, 7) is 3.18. The highest BCUT2D eigenvalue weighted by Gasteiger charge is 2.25. The summed E-state index contributed by atoms with van der Waals surface area (Å²) < 4.78 is 18.3. The molecule has 2 aliphatic rings. The van der Waals surface area contributed by atoms with Crippen molar-refractivity contribution in [1.29, 1.82) is 0 Å². The summed E-state index contributed by atoms with van der Waals surface area (Å²) in [4.78, 5) is 27.9. The number of hydrogen-bond donors (Lipinski definition) is 1. The number of amides is 2. The van der Waals surface area contributed by atoms with Crippen molar-refractivity contribution < 1.29 is 18.7 Å². The van der Waals surface area contributed by atoms with E-state index in [9.17, 15) is 14.0 Å². The molecule has 1 atom stereocenters. The predicted octanol–water partition coefficient (Wildman–Crippen LogP) is 0.769. The van der Waals surface area contributed by atoms with Crippen LogP contribution in [-0.2, 0) is 14.3 Å². The molecule has 0 bridgehead atoms. The summed E-state index contributed by atoms with van der Waals surface area (Å²) >= 11 is 0. The van der Waals surface area contributed by atoms with Crippen LogP contribution in [0, 0.1) is 5.82 Å². The van der Waals surface area contributed by atoms with Crippen molar-refractivity contribution in [2.24, 2.45) is 0 Å². The number of hydrogen-bond acceptors (Lipinski definition) is 4. The zero-order valence-electron chi connectivity index (χ0n) is 13.5. The lowest BCUT2D eigenvalue weighted by Gasteiger charge is -2.36. The Bertz CT molecular complexity index is 579. The number of carbonyl (C=O) groups is 2. The first-order valence-corrected chi connectivity index (χ1v) is 8.31. The summed E-state index contributed by atoms with van der Waals surface area (Å²) in [7, 11) is 0. The number of rotatable bonds is 4. The number of nitrogens with one attached hydrogen (secondary N) is 1. The monoisotopic (exact) mass is 335 g/mol. The fraction of sp³-hybridized carbons (Fsp3) is 0.529. The van der Waals surface area contributed by atoms with Crippen LogP contribution in [0.4, 0.5) is 10.1 Å². The number of piperazine rings is 1. The van der Waals surface area contributed by atoms with Gasteiger partial charge in [0.15, 0.2) is 0 Å². The molecule has 7 heteroatoms. The molecule has 0 radical (unpaired) electrons. The maximum absolute atomic E-state index is 13.0. The lowest BCUT2D eigenvalue weighted by atomic mass is 10.2. The summed E-state index contributed by atoms with van der Waals surface area (Å²) in [5.41, 5.74) is 0.954. The number of carbonyl (C=O) groups excluding carboxylic acids is 2. The van der Waals surface area contributed by atoms with E-state index in [4.69, 9.17) is 4.74 Å². The van der Waals surface area contributed by atoms with E-state index in [2.05, 4.69) is 10.2 Å². The highest BCUT2D eigenvalue weighted by atomic mass is 19.1. The molecule has 0 aromatic heterocycles. The van der Waals surface area contributed by atoms with Gasteiger partial charge in [0, 0.05) is 38.5 Å². The van der Waals surface area contributed by atoms with E-state index in [1.807, 2.05) is 0 Å². The second kappa shape index (κ2) is 7.61. The molecule has 2 aliphatic heterocycles. The standard InChI is InChI=1S/C17H22FN3O3/c18-13-3-5-14(6-4-13)20-7-9-21(10-8-20)16(22)12-19-17(23)15-2-1-11-24-15/h3-6,15H,1-2,7-12H2,(H,19,23). The number of halogens is 1. The van der Waals surface area contributed by atoms with Crippen LogP contribution < -0.4 is 10.2 Å². The van der Waals surface area contributed by atoms with Crippen molar-refractivity contribution in [3.8, 4) is 0 Å². The second-order valence-electron chi connectivity index (χ2n) is 6.06. The molecule has 1 unspecified atom stereocenters. The summed E-state index contributed by atoms with van der Waals surface area (Å²) in [6, 6.07) is 6.37. The Morgan fingerprint density at radius 3 is 2.50 bits per heavy atom. The Hall–Kier alpha value is -2.15. The molecule has 1 aromatic carbocycles. The van der Waals surface area contributed by atoms with Crippen LogP contribution >= 0.6 is 0 Å². The largest absolute Gasteiger partial charge is 0.368 e. The van der Waals surface area contributed by atoms with E-state index in [1.165, 1.54) is 12.1 Å². The highest BCUT2D eigenvalue weighted by molar-refractivity contribution is 5.87. The number of benzene rings is 1. The Labute approximate surface area is 140 Å². The molecule has 2 fully saturated rings. The van der Waals surface area contributed by atoms with E-state index < -0.39 is 6.10 Å². The molecule has 3 rings (SSSR count). The van der Waals surface area contributed by atoms with E-state index >= 15 is 0 Å². The Balaban J connectivity index is 1.43. The molecule has 1 aromatic rings. The zero-order chi connectivity index (χ0) is 16.9. The molecule has 2 saturated heterocycles.